The van der Waals surface area contributed by atoms with Gasteiger partial charge >= 0.3 is 0 Å². The van der Waals surface area contributed by atoms with E-state index in [0.717, 1.165) is 5.82 Å². The highest BCUT2D eigenvalue weighted by Gasteiger charge is 2.28. The van der Waals surface area contributed by atoms with E-state index in [1.807, 2.05) is 0 Å². The maximum absolute atomic E-state index is 5.34. The van der Waals surface area contributed by atoms with Crippen LogP contribution in [0.3, 0.4) is 0 Å². The maximum atomic E-state index is 5.34. The molecule has 4 heteroatoms. The Hall–Kier alpha value is -2.10. The molecule has 0 saturated heterocycles. The highest BCUT2D eigenvalue weighted by Crippen LogP contribution is 2.38. The Labute approximate surface area is 111 Å². The minimum absolute atomic E-state index is 0.543. The highest BCUT2D eigenvalue weighted by atomic mass is 16.5. The first kappa shape index (κ1) is 10.8. The van der Waals surface area contributed by atoms with Crippen LogP contribution in [0.15, 0.2) is 35.0 Å². The van der Waals surface area contributed by atoms with Crippen LogP contribution in [0.2, 0.25) is 0 Å². The number of hydrogen-bond acceptors (Lipinski definition) is 3. The van der Waals surface area contributed by atoms with Gasteiger partial charge in [-0.15, -0.1) is 0 Å². The Morgan fingerprint density at radius 1 is 1.32 bits per heavy atom. The third kappa shape index (κ3) is 1.93. The third-order valence-electron chi connectivity index (χ3n) is 3.66. The van der Waals surface area contributed by atoms with Crippen LogP contribution < -0.4 is 0 Å². The van der Waals surface area contributed by atoms with Crippen LogP contribution >= 0.6 is 0 Å². The summed E-state index contributed by atoms with van der Waals surface area (Å²) in [5.41, 5.74) is 2.47. The summed E-state index contributed by atoms with van der Waals surface area (Å²) >= 11 is 0. The second kappa shape index (κ2) is 3.95. The van der Waals surface area contributed by atoms with Gasteiger partial charge in [0.05, 0.1) is 0 Å². The van der Waals surface area contributed by atoms with E-state index in [4.69, 9.17) is 4.52 Å². The normalized spacial score (nSPS) is 15.2. The molecule has 0 N–H and O–H groups in total. The summed E-state index contributed by atoms with van der Waals surface area (Å²) in [6.07, 6.45) is 4.47. The molecule has 0 atom stereocenters. The molecular weight excluding hydrogens is 238 g/mol. The molecule has 0 spiro atoms. The van der Waals surface area contributed by atoms with Crippen LogP contribution in [0.25, 0.3) is 10.9 Å². The molecule has 1 aliphatic carbocycles. The fourth-order valence-electron chi connectivity index (χ4n) is 2.42. The average Bonchev–Trinajstić information content (AvgIpc) is 3.04. The van der Waals surface area contributed by atoms with Gasteiger partial charge in [-0.2, -0.15) is 4.98 Å². The lowest BCUT2D eigenvalue weighted by molar-refractivity contribution is 0.367. The largest absolute Gasteiger partial charge is 0.338 e. The van der Waals surface area contributed by atoms with Crippen molar-refractivity contribution in [3.8, 4) is 0 Å². The molecule has 2 heterocycles. The van der Waals surface area contributed by atoms with Crippen molar-refractivity contribution in [2.75, 3.05) is 0 Å². The molecule has 3 aromatic rings. The molecule has 19 heavy (non-hydrogen) atoms. The van der Waals surface area contributed by atoms with Gasteiger partial charge in [-0.1, -0.05) is 17.3 Å². The van der Waals surface area contributed by atoms with Crippen LogP contribution in [-0.2, 0) is 6.54 Å². The van der Waals surface area contributed by atoms with Gasteiger partial charge in [-0.3, -0.25) is 0 Å². The van der Waals surface area contributed by atoms with E-state index in [-0.39, 0.29) is 0 Å². The molecule has 2 aromatic heterocycles. The highest BCUT2D eigenvalue weighted by molar-refractivity contribution is 5.80. The molecule has 1 aromatic carbocycles. The number of fused-ring (bicyclic) bond motifs is 1. The van der Waals surface area contributed by atoms with E-state index < -0.39 is 0 Å². The first-order chi connectivity index (χ1) is 9.29. The zero-order chi connectivity index (χ0) is 12.8. The smallest absolute Gasteiger partial charge is 0.246 e. The lowest BCUT2D eigenvalue weighted by atomic mass is 10.2. The Morgan fingerprint density at radius 3 is 3.05 bits per heavy atom. The number of hydrogen-bond donors (Lipinski definition) is 0. The van der Waals surface area contributed by atoms with Gasteiger partial charge in [0.1, 0.15) is 6.54 Å². The van der Waals surface area contributed by atoms with Crippen molar-refractivity contribution in [2.45, 2.75) is 32.2 Å². The molecule has 4 rings (SSSR count). The second-order valence-corrected chi connectivity index (χ2v) is 5.33. The molecule has 1 fully saturated rings. The van der Waals surface area contributed by atoms with Crippen molar-refractivity contribution in [1.82, 2.24) is 14.7 Å². The summed E-state index contributed by atoms with van der Waals surface area (Å²) in [5, 5.41) is 5.30. The minimum Gasteiger partial charge on any atom is -0.338 e. The summed E-state index contributed by atoms with van der Waals surface area (Å²) in [7, 11) is 0. The number of benzene rings is 1. The van der Waals surface area contributed by atoms with E-state index >= 15 is 0 Å². The Kier molecular flexibility index (Phi) is 2.24. The van der Waals surface area contributed by atoms with Crippen LogP contribution in [0.5, 0.6) is 0 Å². The second-order valence-electron chi connectivity index (χ2n) is 5.33. The number of rotatable bonds is 3. The Morgan fingerprint density at radius 2 is 2.21 bits per heavy atom. The van der Waals surface area contributed by atoms with Crippen molar-refractivity contribution in [3.05, 3.63) is 47.7 Å². The van der Waals surface area contributed by atoms with Crippen LogP contribution in [-0.4, -0.2) is 14.7 Å². The molecule has 0 radical (unpaired) electrons. The topological polar surface area (TPSA) is 43.9 Å². The van der Waals surface area contributed by atoms with Crippen LogP contribution in [0, 0.1) is 6.92 Å². The molecular formula is C15H15N3O. The van der Waals surface area contributed by atoms with Crippen LogP contribution in [0.4, 0.5) is 0 Å². The molecule has 96 valence electrons. The van der Waals surface area contributed by atoms with E-state index in [9.17, 15) is 0 Å². The van der Waals surface area contributed by atoms with Gasteiger partial charge in [0.25, 0.3) is 0 Å². The fourth-order valence-corrected chi connectivity index (χ4v) is 2.42. The molecule has 0 unspecified atom stereocenters. The quantitative estimate of drug-likeness (QED) is 0.719. The van der Waals surface area contributed by atoms with Gasteiger partial charge in [-0.05, 0) is 42.8 Å². The van der Waals surface area contributed by atoms with Crippen molar-refractivity contribution in [2.24, 2.45) is 0 Å². The van der Waals surface area contributed by atoms with E-state index in [1.165, 1.54) is 29.3 Å². The molecule has 0 bridgehead atoms. The monoisotopic (exact) mass is 253 g/mol. The van der Waals surface area contributed by atoms with Crippen molar-refractivity contribution in [3.63, 3.8) is 0 Å². The number of nitrogens with zero attached hydrogens (tertiary/aromatic N) is 3. The predicted molar refractivity (Wildman–Crippen MR) is 72.1 cm³/mol. The SMILES string of the molecule is Cc1ccc2ccn(Cc3nc(C4CC4)no3)c2c1. The van der Waals surface area contributed by atoms with Crippen molar-refractivity contribution < 1.29 is 4.52 Å². The Bertz CT molecular complexity index is 737. The van der Waals surface area contributed by atoms with Crippen LogP contribution in [0.1, 0.15) is 36.0 Å². The lowest BCUT2D eigenvalue weighted by Gasteiger charge is -2.02. The molecule has 0 amide bonds. The molecule has 1 aliphatic rings. The van der Waals surface area contributed by atoms with E-state index in [2.05, 4.69) is 52.1 Å². The zero-order valence-corrected chi connectivity index (χ0v) is 10.8. The predicted octanol–water partition coefficient (Wildman–Crippen LogP) is 3.26. The maximum Gasteiger partial charge on any atom is 0.246 e. The zero-order valence-electron chi connectivity index (χ0n) is 10.8. The van der Waals surface area contributed by atoms with Gasteiger partial charge in [0.2, 0.25) is 5.89 Å². The van der Waals surface area contributed by atoms with Gasteiger partial charge < -0.3 is 9.09 Å². The number of aryl methyl sites for hydroxylation is 1. The third-order valence-corrected chi connectivity index (χ3v) is 3.66. The van der Waals surface area contributed by atoms with E-state index in [0.29, 0.717) is 18.4 Å². The van der Waals surface area contributed by atoms with Gasteiger partial charge in [0, 0.05) is 17.6 Å². The fraction of sp³-hybridized carbons (Fsp3) is 0.333. The first-order valence-corrected chi connectivity index (χ1v) is 6.67. The summed E-state index contributed by atoms with van der Waals surface area (Å²) in [4.78, 5) is 4.48. The summed E-state index contributed by atoms with van der Waals surface area (Å²) in [6.45, 7) is 2.75. The summed E-state index contributed by atoms with van der Waals surface area (Å²) < 4.78 is 7.50. The molecule has 1 saturated carbocycles. The lowest BCUT2D eigenvalue weighted by Crippen LogP contribution is -1.98. The molecule has 4 nitrogen and oxygen atoms in total. The standard InChI is InChI=1S/C15H15N3O/c1-10-2-3-11-6-7-18(13(11)8-10)9-14-16-15(17-19-14)12-4-5-12/h2-3,6-8,12H,4-5,9H2,1H3. The van der Waals surface area contributed by atoms with Gasteiger partial charge in [0.15, 0.2) is 5.82 Å². The summed E-state index contributed by atoms with van der Waals surface area (Å²) in [6, 6.07) is 8.58. The minimum atomic E-state index is 0.543. The molecule has 0 aliphatic heterocycles. The number of aromatic nitrogens is 3. The summed E-state index contributed by atoms with van der Waals surface area (Å²) in [5.74, 6) is 2.12. The Balaban J connectivity index is 1.67. The average molecular weight is 253 g/mol. The van der Waals surface area contributed by atoms with Gasteiger partial charge in [-0.25, -0.2) is 0 Å². The van der Waals surface area contributed by atoms with Crippen molar-refractivity contribution in [1.29, 1.82) is 0 Å². The van der Waals surface area contributed by atoms with E-state index in [1.54, 1.807) is 0 Å². The van der Waals surface area contributed by atoms with Crippen molar-refractivity contribution >= 4 is 10.9 Å². The first-order valence-electron chi connectivity index (χ1n) is 6.67.